The fourth-order valence-electron chi connectivity index (χ4n) is 2.53. The van der Waals surface area contributed by atoms with E-state index in [1.165, 1.54) is 20.8 Å². The monoisotopic (exact) mass is 362 g/mol. The van der Waals surface area contributed by atoms with Crippen molar-refractivity contribution in [2.24, 2.45) is 0 Å². The first kappa shape index (κ1) is 21.3. The van der Waals surface area contributed by atoms with Crippen molar-refractivity contribution < 1.29 is 42.8 Å². The first-order chi connectivity index (χ1) is 11.8. The molecule has 0 aromatic heterocycles. The Morgan fingerprint density at radius 3 is 1.84 bits per heavy atom. The molecule has 0 aromatic carbocycles. The van der Waals surface area contributed by atoms with Gasteiger partial charge in [-0.2, -0.15) is 0 Å². The lowest BCUT2D eigenvalue weighted by molar-refractivity contribution is -0.305. The molecule has 0 spiro atoms. The molecule has 0 aromatic rings. The summed E-state index contributed by atoms with van der Waals surface area (Å²) in [5, 5.41) is 0. The van der Waals surface area contributed by atoms with Gasteiger partial charge in [-0.1, -0.05) is 0 Å². The second kappa shape index (κ2) is 10.3. The molecule has 0 radical (unpaired) electrons. The van der Waals surface area contributed by atoms with E-state index in [0.29, 0.717) is 6.61 Å². The van der Waals surface area contributed by atoms with E-state index < -0.39 is 48.6 Å². The van der Waals surface area contributed by atoms with Gasteiger partial charge in [0, 0.05) is 34.0 Å². The Labute approximate surface area is 146 Å². The third-order valence-corrected chi connectivity index (χ3v) is 3.32. The van der Waals surface area contributed by atoms with Crippen LogP contribution in [-0.2, 0) is 42.8 Å². The summed E-state index contributed by atoms with van der Waals surface area (Å²) < 4.78 is 32.4. The Morgan fingerprint density at radius 1 is 0.800 bits per heavy atom. The molecule has 5 atom stereocenters. The average Bonchev–Trinajstić information content (AvgIpc) is 2.50. The van der Waals surface area contributed by atoms with Crippen molar-refractivity contribution in [2.75, 3.05) is 19.8 Å². The molecule has 0 amide bonds. The maximum atomic E-state index is 11.5. The van der Waals surface area contributed by atoms with Gasteiger partial charge in [0.1, 0.15) is 6.10 Å². The lowest BCUT2D eigenvalue weighted by Gasteiger charge is -2.44. The zero-order valence-corrected chi connectivity index (χ0v) is 15.2. The summed E-state index contributed by atoms with van der Waals surface area (Å²) in [4.78, 5) is 34.4. The van der Waals surface area contributed by atoms with Crippen LogP contribution in [0.1, 0.15) is 34.6 Å². The van der Waals surface area contributed by atoms with Gasteiger partial charge in [0.05, 0.1) is 6.61 Å². The molecule has 9 heteroatoms. The Kier molecular flexibility index (Phi) is 8.81. The second-order valence-corrected chi connectivity index (χ2v) is 5.38. The van der Waals surface area contributed by atoms with Crippen LogP contribution in [0, 0.1) is 0 Å². The Morgan fingerprint density at radius 2 is 1.36 bits per heavy atom. The normalized spacial score (nSPS) is 28.9. The van der Waals surface area contributed by atoms with Gasteiger partial charge in [-0.15, -0.1) is 0 Å². The van der Waals surface area contributed by atoms with Crippen molar-refractivity contribution in [3.63, 3.8) is 0 Å². The van der Waals surface area contributed by atoms with Crippen LogP contribution in [0.15, 0.2) is 0 Å². The molecule has 1 aliphatic rings. The van der Waals surface area contributed by atoms with Crippen LogP contribution in [0.2, 0.25) is 0 Å². The van der Waals surface area contributed by atoms with Gasteiger partial charge >= 0.3 is 17.9 Å². The van der Waals surface area contributed by atoms with E-state index in [1.807, 2.05) is 0 Å². The lowest BCUT2D eigenvalue weighted by Crippen LogP contribution is -2.62. The zero-order chi connectivity index (χ0) is 19.0. The molecule has 1 heterocycles. The van der Waals surface area contributed by atoms with E-state index in [2.05, 4.69) is 0 Å². The smallest absolute Gasteiger partial charge is 0.305 e. The summed E-state index contributed by atoms with van der Waals surface area (Å²) in [5.74, 6) is -1.75. The summed E-state index contributed by atoms with van der Waals surface area (Å²) >= 11 is 0. The first-order valence-corrected chi connectivity index (χ1v) is 8.16. The summed E-state index contributed by atoms with van der Waals surface area (Å²) in [5.41, 5.74) is 0. The van der Waals surface area contributed by atoms with Gasteiger partial charge in [-0.05, 0) is 13.8 Å². The highest BCUT2D eigenvalue weighted by Crippen LogP contribution is 2.29. The molecule has 1 rings (SSSR count). The van der Waals surface area contributed by atoms with Crippen LogP contribution in [-0.4, -0.2) is 68.4 Å². The maximum absolute atomic E-state index is 11.5. The van der Waals surface area contributed by atoms with Crippen LogP contribution >= 0.6 is 0 Å². The quantitative estimate of drug-likeness (QED) is 0.452. The molecule has 0 N–H and O–H groups in total. The minimum Gasteiger partial charge on any atom is -0.456 e. The predicted octanol–water partition coefficient (Wildman–Crippen LogP) is 0.579. The van der Waals surface area contributed by atoms with Crippen LogP contribution in [0.5, 0.6) is 0 Å². The number of carbonyl (C=O) groups is 3. The Bertz CT molecular complexity index is 465. The standard InChI is InChI=1S/C16H26O9/c1-6-20-8-12-13(22-9(3)17)14(23-10(4)18)15(21-7-2)16(25-12)24-11(5)19/h12-16H,6-8H2,1-5H3/t12-,13-,14+,15-,16-/m1/s1. The van der Waals surface area contributed by atoms with E-state index >= 15 is 0 Å². The van der Waals surface area contributed by atoms with Crippen LogP contribution in [0.3, 0.4) is 0 Å². The van der Waals surface area contributed by atoms with E-state index in [4.69, 9.17) is 28.4 Å². The van der Waals surface area contributed by atoms with E-state index in [-0.39, 0.29) is 13.2 Å². The van der Waals surface area contributed by atoms with Crippen LogP contribution < -0.4 is 0 Å². The topological polar surface area (TPSA) is 107 Å². The second-order valence-electron chi connectivity index (χ2n) is 5.38. The molecule has 9 nitrogen and oxygen atoms in total. The average molecular weight is 362 g/mol. The minimum atomic E-state index is -1.13. The van der Waals surface area contributed by atoms with Crippen molar-refractivity contribution in [1.29, 1.82) is 0 Å². The summed E-state index contributed by atoms with van der Waals surface area (Å²) in [6.07, 6.45) is -4.84. The van der Waals surface area contributed by atoms with Gasteiger partial charge < -0.3 is 28.4 Å². The number of ether oxygens (including phenoxy) is 6. The number of esters is 3. The fourth-order valence-corrected chi connectivity index (χ4v) is 2.53. The summed E-state index contributed by atoms with van der Waals surface area (Å²) in [6, 6.07) is 0. The largest absolute Gasteiger partial charge is 0.456 e. The third-order valence-electron chi connectivity index (χ3n) is 3.32. The SMILES string of the molecule is CCOC[C@H]1O[C@@H](OC(C)=O)[C@H](OCC)[C@@H](OC(C)=O)[C@@H]1OC(C)=O. The molecular weight excluding hydrogens is 336 g/mol. The van der Waals surface area contributed by atoms with Crippen molar-refractivity contribution in [3.05, 3.63) is 0 Å². The van der Waals surface area contributed by atoms with Crippen molar-refractivity contribution >= 4 is 17.9 Å². The van der Waals surface area contributed by atoms with E-state index in [0.717, 1.165) is 0 Å². The number of hydrogen-bond donors (Lipinski definition) is 0. The lowest BCUT2D eigenvalue weighted by atomic mass is 9.98. The Balaban J connectivity index is 3.17. The molecule has 25 heavy (non-hydrogen) atoms. The van der Waals surface area contributed by atoms with E-state index in [9.17, 15) is 14.4 Å². The van der Waals surface area contributed by atoms with Crippen molar-refractivity contribution in [1.82, 2.24) is 0 Å². The zero-order valence-electron chi connectivity index (χ0n) is 15.2. The molecule has 1 aliphatic heterocycles. The van der Waals surface area contributed by atoms with Gasteiger partial charge in [-0.3, -0.25) is 14.4 Å². The third kappa shape index (κ3) is 6.60. The summed E-state index contributed by atoms with van der Waals surface area (Å²) in [7, 11) is 0. The van der Waals surface area contributed by atoms with Crippen LogP contribution in [0.25, 0.3) is 0 Å². The number of rotatable bonds is 8. The molecule has 0 aliphatic carbocycles. The fraction of sp³-hybridized carbons (Fsp3) is 0.812. The Hall–Kier alpha value is -1.71. The number of hydrogen-bond acceptors (Lipinski definition) is 9. The van der Waals surface area contributed by atoms with Gasteiger partial charge in [-0.25, -0.2) is 0 Å². The van der Waals surface area contributed by atoms with Gasteiger partial charge in [0.2, 0.25) is 6.29 Å². The molecule has 0 unspecified atom stereocenters. The highest BCUT2D eigenvalue weighted by atomic mass is 16.7. The van der Waals surface area contributed by atoms with Crippen LogP contribution in [0.4, 0.5) is 0 Å². The minimum absolute atomic E-state index is 0.0584. The molecule has 144 valence electrons. The molecule has 0 saturated carbocycles. The molecule has 1 fully saturated rings. The highest BCUT2D eigenvalue weighted by Gasteiger charge is 2.52. The molecular formula is C16H26O9. The van der Waals surface area contributed by atoms with Gasteiger partial charge in [0.15, 0.2) is 18.3 Å². The summed E-state index contributed by atoms with van der Waals surface area (Å²) in [6.45, 7) is 7.90. The number of carbonyl (C=O) groups excluding carboxylic acids is 3. The maximum Gasteiger partial charge on any atom is 0.305 e. The molecule has 0 bridgehead atoms. The van der Waals surface area contributed by atoms with Crippen molar-refractivity contribution in [3.8, 4) is 0 Å². The molecule has 1 saturated heterocycles. The highest BCUT2D eigenvalue weighted by molar-refractivity contribution is 5.68. The van der Waals surface area contributed by atoms with Gasteiger partial charge in [0.25, 0.3) is 0 Å². The van der Waals surface area contributed by atoms with Crippen molar-refractivity contribution in [2.45, 2.75) is 65.3 Å². The predicted molar refractivity (Wildman–Crippen MR) is 83.4 cm³/mol. The first-order valence-electron chi connectivity index (χ1n) is 8.16. The van der Waals surface area contributed by atoms with E-state index in [1.54, 1.807) is 13.8 Å².